The highest BCUT2D eigenvalue weighted by Crippen LogP contribution is 2.32. The molecule has 2 aromatic carbocycles. The van der Waals surface area contributed by atoms with Gasteiger partial charge in [-0.2, -0.15) is 0 Å². The first-order chi connectivity index (χ1) is 15.9. The number of benzene rings is 2. The van der Waals surface area contributed by atoms with Crippen LogP contribution in [0.5, 0.6) is 11.5 Å². The van der Waals surface area contributed by atoms with Crippen molar-refractivity contribution in [1.82, 2.24) is 5.32 Å². The standard InChI is InChI=1S/C23H20N2O8/c1-14(16-4-7-19-21(12-16)31-11-10-30-19)24-22(26)13-32-23(27)20-9-8-18(33-20)15-2-5-17(6-3-15)25(28)29/h2-9,12,14H,10-11,13H2,1H3,(H,24,26). The maximum absolute atomic E-state index is 12.2. The van der Waals surface area contributed by atoms with Gasteiger partial charge in [0.1, 0.15) is 19.0 Å². The summed E-state index contributed by atoms with van der Waals surface area (Å²) in [5, 5.41) is 13.5. The van der Waals surface area contributed by atoms with Crippen LogP contribution >= 0.6 is 0 Å². The van der Waals surface area contributed by atoms with E-state index in [0.29, 0.717) is 36.0 Å². The molecule has 1 amide bonds. The molecule has 10 heteroatoms. The summed E-state index contributed by atoms with van der Waals surface area (Å²) in [7, 11) is 0. The minimum absolute atomic E-state index is 0.0542. The molecule has 1 aliphatic rings. The van der Waals surface area contributed by atoms with Gasteiger partial charge in [-0.15, -0.1) is 0 Å². The lowest BCUT2D eigenvalue weighted by molar-refractivity contribution is -0.384. The molecule has 0 saturated carbocycles. The number of nitrogens with one attached hydrogen (secondary N) is 1. The van der Waals surface area contributed by atoms with Crippen LogP contribution in [-0.4, -0.2) is 36.6 Å². The number of furan rings is 1. The third kappa shape index (κ3) is 5.12. The number of carbonyl (C=O) groups is 2. The van der Waals surface area contributed by atoms with Crippen LogP contribution < -0.4 is 14.8 Å². The van der Waals surface area contributed by atoms with E-state index >= 15 is 0 Å². The van der Waals surface area contributed by atoms with Gasteiger partial charge < -0.3 is 23.9 Å². The van der Waals surface area contributed by atoms with Gasteiger partial charge >= 0.3 is 5.97 Å². The molecular formula is C23H20N2O8. The number of amides is 1. The van der Waals surface area contributed by atoms with Crippen molar-refractivity contribution in [3.63, 3.8) is 0 Å². The number of hydrogen-bond acceptors (Lipinski definition) is 8. The largest absolute Gasteiger partial charge is 0.486 e. The lowest BCUT2D eigenvalue weighted by Crippen LogP contribution is -2.31. The van der Waals surface area contributed by atoms with Crippen LogP contribution in [0.4, 0.5) is 5.69 Å². The topological polar surface area (TPSA) is 130 Å². The smallest absolute Gasteiger partial charge is 0.374 e. The van der Waals surface area contributed by atoms with Gasteiger partial charge in [0.25, 0.3) is 11.6 Å². The van der Waals surface area contributed by atoms with E-state index in [2.05, 4.69) is 5.32 Å². The summed E-state index contributed by atoms with van der Waals surface area (Å²) in [6.07, 6.45) is 0. The second-order valence-electron chi connectivity index (χ2n) is 7.24. The van der Waals surface area contributed by atoms with Gasteiger partial charge in [0, 0.05) is 17.7 Å². The normalized spacial score (nSPS) is 13.1. The fourth-order valence-corrected chi connectivity index (χ4v) is 3.25. The zero-order valence-corrected chi connectivity index (χ0v) is 17.6. The predicted molar refractivity (Wildman–Crippen MR) is 115 cm³/mol. The summed E-state index contributed by atoms with van der Waals surface area (Å²) >= 11 is 0. The fraction of sp³-hybridized carbons (Fsp3) is 0.217. The van der Waals surface area contributed by atoms with Gasteiger partial charge in [0.15, 0.2) is 18.1 Å². The van der Waals surface area contributed by atoms with Crippen molar-refractivity contribution in [3.8, 4) is 22.8 Å². The Balaban J connectivity index is 1.30. The number of carbonyl (C=O) groups excluding carboxylic acids is 2. The highest BCUT2D eigenvalue weighted by Gasteiger charge is 2.19. The lowest BCUT2D eigenvalue weighted by Gasteiger charge is -2.21. The number of hydrogen-bond donors (Lipinski definition) is 1. The Morgan fingerprint density at radius 2 is 1.79 bits per heavy atom. The van der Waals surface area contributed by atoms with E-state index in [1.165, 1.54) is 30.3 Å². The SMILES string of the molecule is CC(NC(=O)COC(=O)c1ccc(-c2ccc([N+](=O)[O-])cc2)o1)c1ccc2c(c1)OCCO2. The molecule has 1 unspecified atom stereocenters. The zero-order chi connectivity index (χ0) is 23.4. The zero-order valence-electron chi connectivity index (χ0n) is 17.6. The predicted octanol–water partition coefficient (Wildman–Crippen LogP) is 3.66. The molecule has 10 nitrogen and oxygen atoms in total. The van der Waals surface area contributed by atoms with Crippen molar-refractivity contribution in [3.05, 3.63) is 76.0 Å². The molecule has 0 aliphatic carbocycles. The highest BCUT2D eigenvalue weighted by molar-refractivity contribution is 5.89. The first-order valence-electron chi connectivity index (χ1n) is 10.1. The highest BCUT2D eigenvalue weighted by atomic mass is 16.6. The Morgan fingerprint density at radius 3 is 2.52 bits per heavy atom. The number of nitro benzene ring substituents is 1. The van der Waals surface area contributed by atoms with E-state index in [-0.39, 0.29) is 17.5 Å². The van der Waals surface area contributed by atoms with Crippen molar-refractivity contribution in [2.24, 2.45) is 0 Å². The van der Waals surface area contributed by atoms with Crippen molar-refractivity contribution >= 4 is 17.6 Å². The Hall–Kier alpha value is -4.34. The molecule has 0 fully saturated rings. The molecule has 0 bridgehead atoms. The third-order valence-electron chi connectivity index (χ3n) is 4.95. The van der Waals surface area contributed by atoms with Crippen molar-refractivity contribution in [1.29, 1.82) is 0 Å². The molecule has 1 N–H and O–H groups in total. The molecule has 170 valence electrons. The van der Waals surface area contributed by atoms with E-state index in [4.69, 9.17) is 18.6 Å². The van der Waals surface area contributed by atoms with Crippen molar-refractivity contribution in [2.45, 2.75) is 13.0 Å². The van der Waals surface area contributed by atoms with Gasteiger partial charge in [-0.05, 0) is 48.9 Å². The van der Waals surface area contributed by atoms with E-state index in [1.54, 1.807) is 25.1 Å². The molecule has 1 aromatic heterocycles. The third-order valence-corrected chi connectivity index (χ3v) is 4.95. The van der Waals surface area contributed by atoms with Gasteiger partial charge in [-0.3, -0.25) is 14.9 Å². The van der Waals surface area contributed by atoms with Crippen molar-refractivity contribution < 1.29 is 33.1 Å². The Kier molecular flexibility index (Phi) is 6.25. The Labute approximate surface area is 188 Å². The summed E-state index contributed by atoms with van der Waals surface area (Å²) < 4.78 is 21.5. The molecule has 0 saturated heterocycles. The number of rotatable bonds is 7. The van der Waals surface area contributed by atoms with Crippen molar-refractivity contribution in [2.75, 3.05) is 19.8 Å². The molecule has 33 heavy (non-hydrogen) atoms. The van der Waals surface area contributed by atoms with E-state index in [0.717, 1.165) is 5.56 Å². The summed E-state index contributed by atoms with van der Waals surface area (Å²) in [4.78, 5) is 34.7. The van der Waals surface area contributed by atoms with Crippen LogP contribution in [0.15, 0.2) is 59.0 Å². The quantitative estimate of drug-likeness (QED) is 0.327. The first kappa shape index (κ1) is 21.9. The molecule has 0 spiro atoms. The van der Waals surface area contributed by atoms with Crippen LogP contribution in [0.1, 0.15) is 29.1 Å². The summed E-state index contributed by atoms with van der Waals surface area (Å²) in [6.45, 7) is 2.27. The average molecular weight is 452 g/mol. The van der Waals surface area contributed by atoms with E-state index in [1.807, 2.05) is 6.07 Å². The van der Waals surface area contributed by atoms with Crippen LogP contribution in [0.2, 0.25) is 0 Å². The number of esters is 1. The first-order valence-corrected chi connectivity index (χ1v) is 10.1. The fourth-order valence-electron chi connectivity index (χ4n) is 3.25. The van der Waals surface area contributed by atoms with E-state index < -0.39 is 23.4 Å². The number of nitro groups is 1. The van der Waals surface area contributed by atoms with Gasteiger partial charge in [0.2, 0.25) is 5.76 Å². The summed E-state index contributed by atoms with van der Waals surface area (Å²) in [5.41, 5.74) is 1.32. The molecular weight excluding hydrogens is 432 g/mol. The molecule has 1 atom stereocenters. The summed E-state index contributed by atoms with van der Waals surface area (Å²) in [5.74, 6) is 0.250. The Bertz CT molecular complexity index is 1190. The van der Waals surface area contributed by atoms with Crippen LogP contribution in [0.25, 0.3) is 11.3 Å². The second-order valence-corrected chi connectivity index (χ2v) is 7.24. The van der Waals surface area contributed by atoms with Gasteiger partial charge in [-0.1, -0.05) is 6.07 Å². The van der Waals surface area contributed by atoms with Crippen LogP contribution in [0, 0.1) is 10.1 Å². The van der Waals surface area contributed by atoms with Gasteiger partial charge in [0.05, 0.1) is 11.0 Å². The maximum Gasteiger partial charge on any atom is 0.374 e. The molecule has 3 aromatic rings. The second kappa shape index (κ2) is 9.43. The number of non-ortho nitro benzene ring substituents is 1. The van der Waals surface area contributed by atoms with Crippen LogP contribution in [-0.2, 0) is 9.53 Å². The Morgan fingerprint density at radius 1 is 1.06 bits per heavy atom. The number of nitrogens with zero attached hydrogens (tertiary/aromatic N) is 1. The maximum atomic E-state index is 12.2. The number of fused-ring (bicyclic) bond motifs is 1. The molecule has 1 aliphatic heterocycles. The van der Waals surface area contributed by atoms with Gasteiger partial charge in [-0.25, -0.2) is 4.79 Å². The monoisotopic (exact) mass is 452 g/mol. The number of ether oxygens (including phenoxy) is 3. The lowest BCUT2D eigenvalue weighted by atomic mass is 10.1. The summed E-state index contributed by atoms with van der Waals surface area (Å²) in [6, 6.07) is 13.7. The molecule has 2 heterocycles. The molecule has 4 rings (SSSR count). The minimum Gasteiger partial charge on any atom is -0.486 e. The average Bonchev–Trinajstić information content (AvgIpc) is 3.32. The van der Waals surface area contributed by atoms with E-state index in [9.17, 15) is 19.7 Å². The minimum atomic E-state index is -0.801. The molecule has 0 radical (unpaired) electrons. The van der Waals surface area contributed by atoms with Crippen LogP contribution in [0.3, 0.4) is 0 Å².